The number of hydrogen-bond donors (Lipinski definition) is 1. The van der Waals surface area contributed by atoms with Crippen molar-refractivity contribution < 1.29 is 19.2 Å². The Hall–Kier alpha value is -1.92. The molecule has 1 amide bonds. The van der Waals surface area contributed by atoms with Gasteiger partial charge in [0.1, 0.15) is 6.54 Å². The Morgan fingerprint density at radius 2 is 2.11 bits per heavy atom. The molecule has 0 saturated heterocycles. The van der Waals surface area contributed by atoms with Gasteiger partial charge < -0.3 is 14.5 Å². The number of carboxylic acid groups (broad SMARTS) is 1. The fourth-order valence-corrected chi connectivity index (χ4v) is 1.59. The lowest BCUT2D eigenvalue weighted by Gasteiger charge is -2.13. The molecule has 0 spiro atoms. The monoisotopic (exact) mass is 269 g/mol. The molecule has 19 heavy (non-hydrogen) atoms. The molecule has 0 aromatic carbocycles. The lowest BCUT2D eigenvalue weighted by molar-refractivity contribution is -0.143. The van der Waals surface area contributed by atoms with Crippen LogP contribution < -0.4 is 0 Å². The molecule has 0 radical (unpaired) electrons. The van der Waals surface area contributed by atoms with Crippen molar-refractivity contribution >= 4 is 11.9 Å². The van der Waals surface area contributed by atoms with Gasteiger partial charge in [-0.3, -0.25) is 9.59 Å². The van der Waals surface area contributed by atoms with Crippen molar-refractivity contribution in [2.45, 2.75) is 39.0 Å². The number of aromatic nitrogens is 2. The van der Waals surface area contributed by atoms with Crippen molar-refractivity contribution in [2.24, 2.45) is 0 Å². The molecular weight excluding hydrogens is 250 g/mol. The van der Waals surface area contributed by atoms with Gasteiger partial charge in [0.15, 0.2) is 5.82 Å². The van der Waals surface area contributed by atoms with Crippen LogP contribution in [-0.4, -0.2) is 45.6 Å². The van der Waals surface area contributed by atoms with Gasteiger partial charge in [-0.05, 0) is 12.8 Å². The second kappa shape index (κ2) is 7.50. The number of carbonyl (C=O) groups excluding carboxylic acids is 1. The number of likely N-dealkylation sites (N-methyl/N-ethyl adjacent to an activating group) is 1. The van der Waals surface area contributed by atoms with Gasteiger partial charge in [-0.1, -0.05) is 12.1 Å². The number of carbonyl (C=O) groups is 2. The van der Waals surface area contributed by atoms with E-state index in [4.69, 9.17) is 9.63 Å². The second-order valence-corrected chi connectivity index (χ2v) is 4.35. The van der Waals surface area contributed by atoms with E-state index in [1.54, 1.807) is 0 Å². The quantitative estimate of drug-likeness (QED) is 0.752. The Morgan fingerprint density at radius 3 is 2.74 bits per heavy atom. The van der Waals surface area contributed by atoms with Crippen LogP contribution in [0, 0.1) is 0 Å². The zero-order valence-electron chi connectivity index (χ0n) is 11.3. The summed E-state index contributed by atoms with van der Waals surface area (Å²) in [6.07, 6.45) is 3.11. The molecule has 0 bridgehead atoms. The van der Waals surface area contributed by atoms with Crippen LogP contribution in [0.2, 0.25) is 0 Å². The number of aliphatic carboxylic acids is 1. The summed E-state index contributed by atoms with van der Waals surface area (Å²) < 4.78 is 5.04. The smallest absolute Gasteiger partial charge is 0.323 e. The molecular formula is C12H19N3O4. The lowest BCUT2D eigenvalue weighted by atomic mass is 10.2. The van der Waals surface area contributed by atoms with Crippen LogP contribution in [0.3, 0.4) is 0 Å². The highest BCUT2D eigenvalue weighted by molar-refractivity contribution is 5.80. The van der Waals surface area contributed by atoms with Crippen LogP contribution in [0.25, 0.3) is 0 Å². The Kier molecular flexibility index (Phi) is 5.98. The molecule has 1 aromatic rings. The zero-order chi connectivity index (χ0) is 14.3. The van der Waals surface area contributed by atoms with E-state index in [0.29, 0.717) is 24.6 Å². The molecule has 1 rings (SSSR count). The average molecular weight is 269 g/mol. The topological polar surface area (TPSA) is 96.5 Å². The van der Waals surface area contributed by atoms with Crippen molar-refractivity contribution in [3.8, 4) is 0 Å². The SMILES string of the molecule is CCCc1noc(CCCC(=O)N(C)CC(=O)O)n1. The van der Waals surface area contributed by atoms with Crippen LogP contribution in [-0.2, 0) is 22.4 Å². The van der Waals surface area contributed by atoms with Gasteiger partial charge >= 0.3 is 5.97 Å². The Bertz CT molecular complexity index is 430. The predicted molar refractivity (Wildman–Crippen MR) is 66.5 cm³/mol. The number of hydrogen-bond acceptors (Lipinski definition) is 5. The van der Waals surface area contributed by atoms with E-state index in [1.807, 2.05) is 6.92 Å². The molecule has 0 aliphatic rings. The van der Waals surface area contributed by atoms with Gasteiger partial charge in [-0.25, -0.2) is 0 Å². The van der Waals surface area contributed by atoms with Gasteiger partial charge in [-0.2, -0.15) is 4.98 Å². The van der Waals surface area contributed by atoms with Crippen molar-refractivity contribution in [1.29, 1.82) is 0 Å². The van der Waals surface area contributed by atoms with E-state index in [9.17, 15) is 9.59 Å². The van der Waals surface area contributed by atoms with Gasteiger partial charge in [0, 0.05) is 26.3 Å². The first-order valence-corrected chi connectivity index (χ1v) is 6.30. The third kappa shape index (κ3) is 5.50. The molecule has 7 heteroatoms. The minimum absolute atomic E-state index is 0.198. The highest BCUT2D eigenvalue weighted by Gasteiger charge is 2.12. The standard InChI is InChI=1S/C12H19N3O4/c1-3-5-9-13-10(19-14-9)6-4-7-11(16)15(2)8-12(17)18/h3-8H2,1-2H3,(H,17,18). The number of amides is 1. The van der Waals surface area contributed by atoms with E-state index in [-0.39, 0.29) is 18.9 Å². The zero-order valence-corrected chi connectivity index (χ0v) is 11.3. The molecule has 0 atom stereocenters. The summed E-state index contributed by atoms with van der Waals surface area (Å²) in [5.41, 5.74) is 0. The largest absolute Gasteiger partial charge is 0.480 e. The van der Waals surface area contributed by atoms with Crippen LogP contribution in [0.4, 0.5) is 0 Å². The molecule has 0 aliphatic heterocycles. The average Bonchev–Trinajstić information content (AvgIpc) is 2.76. The Morgan fingerprint density at radius 1 is 1.37 bits per heavy atom. The molecule has 0 aliphatic carbocycles. The number of nitrogens with zero attached hydrogens (tertiary/aromatic N) is 3. The number of carboxylic acids is 1. The summed E-state index contributed by atoms with van der Waals surface area (Å²) in [7, 11) is 1.47. The number of rotatable bonds is 8. The van der Waals surface area contributed by atoms with E-state index in [1.165, 1.54) is 11.9 Å². The Labute approximate surface area is 111 Å². The van der Waals surface area contributed by atoms with E-state index in [2.05, 4.69) is 10.1 Å². The third-order valence-corrected chi connectivity index (χ3v) is 2.56. The van der Waals surface area contributed by atoms with Crippen LogP contribution >= 0.6 is 0 Å². The summed E-state index contributed by atoms with van der Waals surface area (Å²) in [6.45, 7) is 1.76. The summed E-state index contributed by atoms with van der Waals surface area (Å²) >= 11 is 0. The molecule has 0 saturated carbocycles. The maximum atomic E-state index is 11.6. The second-order valence-electron chi connectivity index (χ2n) is 4.35. The fraction of sp³-hybridized carbons (Fsp3) is 0.667. The fourth-order valence-electron chi connectivity index (χ4n) is 1.59. The highest BCUT2D eigenvalue weighted by atomic mass is 16.5. The maximum Gasteiger partial charge on any atom is 0.323 e. The summed E-state index contributed by atoms with van der Waals surface area (Å²) in [5.74, 6) is -0.00313. The lowest BCUT2D eigenvalue weighted by Crippen LogP contribution is -2.31. The molecule has 0 unspecified atom stereocenters. The van der Waals surface area contributed by atoms with E-state index >= 15 is 0 Å². The third-order valence-electron chi connectivity index (χ3n) is 2.56. The van der Waals surface area contributed by atoms with Gasteiger partial charge in [-0.15, -0.1) is 0 Å². The molecule has 7 nitrogen and oxygen atoms in total. The number of aryl methyl sites for hydroxylation is 2. The first kappa shape index (κ1) is 15.1. The van der Waals surface area contributed by atoms with Crippen molar-refractivity contribution in [3.05, 3.63) is 11.7 Å². The summed E-state index contributed by atoms with van der Waals surface area (Å²) in [4.78, 5) is 27.4. The van der Waals surface area contributed by atoms with Gasteiger partial charge in [0.25, 0.3) is 0 Å². The molecule has 1 N–H and O–H groups in total. The minimum atomic E-state index is -1.02. The molecule has 106 valence electrons. The van der Waals surface area contributed by atoms with Crippen LogP contribution in [0.5, 0.6) is 0 Å². The predicted octanol–water partition coefficient (Wildman–Crippen LogP) is 0.888. The maximum absolute atomic E-state index is 11.6. The first-order chi connectivity index (χ1) is 9.02. The first-order valence-electron chi connectivity index (χ1n) is 6.30. The van der Waals surface area contributed by atoms with E-state index < -0.39 is 5.97 Å². The van der Waals surface area contributed by atoms with Crippen molar-refractivity contribution in [1.82, 2.24) is 15.0 Å². The van der Waals surface area contributed by atoms with E-state index in [0.717, 1.165) is 12.8 Å². The summed E-state index contributed by atoms with van der Waals surface area (Å²) in [6, 6.07) is 0. The normalized spacial score (nSPS) is 10.4. The molecule has 1 heterocycles. The van der Waals surface area contributed by atoms with Gasteiger partial charge in [0.05, 0.1) is 0 Å². The van der Waals surface area contributed by atoms with Crippen molar-refractivity contribution in [2.75, 3.05) is 13.6 Å². The van der Waals surface area contributed by atoms with Gasteiger partial charge in [0.2, 0.25) is 11.8 Å². The summed E-state index contributed by atoms with van der Waals surface area (Å²) in [5, 5.41) is 12.4. The molecule has 1 aromatic heterocycles. The minimum Gasteiger partial charge on any atom is -0.480 e. The molecule has 0 fully saturated rings. The van der Waals surface area contributed by atoms with Crippen LogP contribution in [0.15, 0.2) is 4.52 Å². The van der Waals surface area contributed by atoms with Crippen LogP contribution in [0.1, 0.15) is 37.9 Å². The highest BCUT2D eigenvalue weighted by Crippen LogP contribution is 2.05. The van der Waals surface area contributed by atoms with Crippen molar-refractivity contribution in [3.63, 3.8) is 0 Å². The Balaban J connectivity index is 2.29.